The van der Waals surface area contributed by atoms with Gasteiger partial charge in [0, 0.05) is 25.8 Å². The van der Waals surface area contributed by atoms with Gasteiger partial charge in [0.2, 0.25) is 0 Å². The number of methoxy groups -OCH3 is 1. The summed E-state index contributed by atoms with van der Waals surface area (Å²) in [5.74, 6) is 0. The molecule has 1 heterocycles. The highest BCUT2D eigenvalue weighted by atomic mass is 16.5. The zero-order valence-electron chi connectivity index (χ0n) is 7.54. The van der Waals surface area contributed by atoms with E-state index in [1.807, 2.05) is 11.9 Å². The van der Waals surface area contributed by atoms with Gasteiger partial charge >= 0.3 is 6.09 Å². The number of rotatable bonds is 0. The van der Waals surface area contributed by atoms with Crippen molar-refractivity contribution in [2.24, 2.45) is 0 Å². The van der Waals surface area contributed by atoms with E-state index in [1.54, 1.807) is 4.90 Å². The summed E-state index contributed by atoms with van der Waals surface area (Å²) in [7, 11) is 3.36. The van der Waals surface area contributed by atoms with E-state index in [0.29, 0.717) is 13.1 Å². The minimum absolute atomic E-state index is 0.274. The second-order valence-corrected chi connectivity index (χ2v) is 2.88. The van der Waals surface area contributed by atoms with Crippen LogP contribution in [0.1, 0.15) is 0 Å². The van der Waals surface area contributed by atoms with Gasteiger partial charge in [0.15, 0.2) is 0 Å². The largest absolute Gasteiger partial charge is 0.453 e. The first-order chi connectivity index (χ1) is 5.65. The minimum Gasteiger partial charge on any atom is -0.453 e. The standard InChI is InChI=1S/C8H14N2O2/c1-7-6-10(8(11)12-3)5-4-9(7)2/h1,4-6H2,2-3H3. The molecular formula is C8H14N2O2. The zero-order valence-corrected chi connectivity index (χ0v) is 7.54. The first kappa shape index (κ1) is 8.90. The van der Waals surface area contributed by atoms with Crippen molar-refractivity contribution in [2.45, 2.75) is 0 Å². The first-order valence-electron chi connectivity index (χ1n) is 3.87. The normalized spacial score (nSPS) is 18.0. The number of nitrogens with zero attached hydrogens (tertiary/aromatic N) is 2. The summed E-state index contributed by atoms with van der Waals surface area (Å²) in [5.41, 5.74) is 0.951. The Bertz CT molecular complexity index is 201. The van der Waals surface area contributed by atoms with E-state index >= 15 is 0 Å². The predicted molar refractivity (Wildman–Crippen MR) is 45.7 cm³/mol. The second-order valence-electron chi connectivity index (χ2n) is 2.88. The van der Waals surface area contributed by atoms with Gasteiger partial charge in [-0.25, -0.2) is 4.79 Å². The van der Waals surface area contributed by atoms with E-state index in [9.17, 15) is 4.79 Å². The van der Waals surface area contributed by atoms with Crippen LogP contribution in [0, 0.1) is 0 Å². The third-order valence-electron chi connectivity index (χ3n) is 2.05. The summed E-state index contributed by atoms with van der Waals surface area (Å²) in [6.07, 6.45) is -0.274. The molecule has 0 spiro atoms. The van der Waals surface area contributed by atoms with Crippen LogP contribution in [0.4, 0.5) is 4.79 Å². The molecule has 0 saturated carbocycles. The van der Waals surface area contributed by atoms with Gasteiger partial charge in [-0.1, -0.05) is 6.58 Å². The molecule has 0 aromatic heterocycles. The highest BCUT2D eigenvalue weighted by molar-refractivity contribution is 5.67. The van der Waals surface area contributed by atoms with Crippen molar-refractivity contribution >= 4 is 6.09 Å². The van der Waals surface area contributed by atoms with E-state index in [-0.39, 0.29) is 6.09 Å². The molecule has 0 aliphatic carbocycles. The molecule has 0 aromatic rings. The maximum atomic E-state index is 11.1. The number of carbonyl (C=O) groups excluding carboxylic acids is 1. The van der Waals surface area contributed by atoms with Crippen LogP contribution < -0.4 is 0 Å². The molecule has 1 fully saturated rings. The Morgan fingerprint density at radius 1 is 1.58 bits per heavy atom. The van der Waals surface area contributed by atoms with E-state index < -0.39 is 0 Å². The fourth-order valence-electron chi connectivity index (χ4n) is 1.13. The topological polar surface area (TPSA) is 32.8 Å². The third-order valence-corrected chi connectivity index (χ3v) is 2.05. The first-order valence-corrected chi connectivity index (χ1v) is 3.87. The Morgan fingerprint density at radius 2 is 2.25 bits per heavy atom. The van der Waals surface area contributed by atoms with E-state index in [0.717, 1.165) is 12.2 Å². The molecular weight excluding hydrogens is 156 g/mol. The molecule has 1 rings (SSSR count). The average Bonchev–Trinajstić information content (AvgIpc) is 2.08. The molecule has 1 saturated heterocycles. The van der Waals surface area contributed by atoms with Crippen LogP contribution in [0.15, 0.2) is 12.3 Å². The summed E-state index contributed by atoms with van der Waals surface area (Å²) < 4.78 is 4.60. The van der Waals surface area contributed by atoms with Gasteiger partial charge in [-0.3, -0.25) is 0 Å². The lowest BCUT2D eigenvalue weighted by molar-refractivity contribution is 0.111. The number of hydrogen-bond donors (Lipinski definition) is 0. The Kier molecular flexibility index (Phi) is 2.58. The summed E-state index contributed by atoms with van der Waals surface area (Å²) in [6, 6.07) is 0. The monoisotopic (exact) mass is 170 g/mol. The third kappa shape index (κ3) is 1.69. The van der Waals surface area contributed by atoms with Gasteiger partial charge in [-0.05, 0) is 0 Å². The molecule has 68 valence electrons. The smallest absolute Gasteiger partial charge is 0.409 e. The van der Waals surface area contributed by atoms with Crippen molar-refractivity contribution in [3.05, 3.63) is 12.3 Å². The molecule has 1 aliphatic heterocycles. The van der Waals surface area contributed by atoms with E-state index in [2.05, 4.69) is 11.3 Å². The fraction of sp³-hybridized carbons (Fsp3) is 0.625. The number of carbonyl (C=O) groups is 1. The fourth-order valence-corrected chi connectivity index (χ4v) is 1.13. The van der Waals surface area contributed by atoms with Crippen LogP contribution in [0.25, 0.3) is 0 Å². The number of piperazine rings is 1. The maximum Gasteiger partial charge on any atom is 0.409 e. The van der Waals surface area contributed by atoms with Crippen molar-refractivity contribution in [3.63, 3.8) is 0 Å². The lowest BCUT2D eigenvalue weighted by atomic mass is 10.3. The number of likely N-dealkylation sites (N-methyl/N-ethyl adjacent to an activating group) is 1. The predicted octanol–water partition coefficient (Wildman–Crippen LogP) is 0.514. The van der Waals surface area contributed by atoms with E-state index in [1.165, 1.54) is 7.11 Å². The SMILES string of the molecule is C=C1CN(C(=O)OC)CCN1C. The van der Waals surface area contributed by atoms with Gasteiger partial charge < -0.3 is 14.5 Å². The molecule has 1 aliphatic rings. The molecule has 0 aromatic carbocycles. The number of amides is 1. The van der Waals surface area contributed by atoms with Crippen molar-refractivity contribution in [1.29, 1.82) is 0 Å². The maximum absolute atomic E-state index is 11.1. The Labute approximate surface area is 72.4 Å². The molecule has 0 N–H and O–H groups in total. The molecule has 4 nitrogen and oxygen atoms in total. The van der Waals surface area contributed by atoms with Gasteiger partial charge in [-0.15, -0.1) is 0 Å². The quantitative estimate of drug-likeness (QED) is 0.531. The average molecular weight is 170 g/mol. The number of hydrogen-bond acceptors (Lipinski definition) is 3. The van der Waals surface area contributed by atoms with Crippen LogP contribution in [0.3, 0.4) is 0 Å². The highest BCUT2D eigenvalue weighted by Gasteiger charge is 2.21. The number of ether oxygens (including phenoxy) is 1. The second kappa shape index (κ2) is 3.47. The summed E-state index contributed by atoms with van der Waals surface area (Å²) >= 11 is 0. The molecule has 0 atom stereocenters. The Balaban J connectivity index is 2.51. The van der Waals surface area contributed by atoms with Gasteiger partial charge in [0.05, 0.1) is 13.7 Å². The van der Waals surface area contributed by atoms with Crippen molar-refractivity contribution < 1.29 is 9.53 Å². The van der Waals surface area contributed by atoms with Crippen LogP contribution in [0.5, 0.6) is 0 Å². The minimum atomic E-state index is -0.274. The molecule has 1 amide bonds. The molecule has 0 bridgehead atoms. The van der Waals surface area contributed by atoms with Crippen LogP contribution >= 0.6 is 0 Å². The summed E-state index contributed by atoms with van der Waals surface area (Å²) in [6.45, 7) is 5.95. The van der Waals surface area contributed by atoms with Crippen LogP contribution in [-0.2, 0) is 4.74 Å². The van der Waals surface area contributed by atoms with Crippen molar-refractivity contribution in [1.82, 2.24) is 9.80 Å². The lowest BCUT2D eigenvalue weighted by Crippen LogP contribution is -2.45. The van der Waals surface area contributed by atoms with Gasteiger partial charge in [0.25, 0.3) is 0 Å². The molecule has 4 heteroatoms. The molecule has 0 unspecified atom stereocenters. The molecule has 12 heavy (non-hydrogen) atoms. The van der Waals surface area contributed by atoms with Crippen LogP contribution in [-0.4, -0.2) is 49.7 Å². The Hall–Kier alpha value is -1.19. The zero-order chi connectivity index (χ0) is 9.14. The lowest BCUT2D eigenvalue weighted by Gasteiger charge is -2.34. The van der Waals surface area contributed by atoms with Crippen LogP contribution in [0.2, 0.25) is 0 Å². The van der Waals surface area contributed by atoms with Gasteiger partial charge in [-0.2, -0.15) is 0 Å². The Morgan fingerprint density at radius 3 is 2.75 bits per heavy atom. The molecule has 0 radical (unpaired) electrons. The van der Waals surface area contributed by atoms with Crippen molar-refractivity contribution in [3.8, 4) is 0 Å². The summed E-state index contributed by atoms with van der Waals surface area (Å²) in [5, 5.41) is 0. The van der Waals surface area contributed by atoms with Gasteiger partial charge in [0.1, 0.15) is 0 Å². The highest BCUT2D eigenvalue weighted by Crippen LogP contribution is 2.09. The van der Waals surface area contributed by atoms with E-state index in [4.69, 9.17) is 0 Å². The summed E-state index contributed by atoms with van der Waals surface area (Å²) in [4.78, 5) is 14.7. The van der Waals surface area contributed by atoms with Crippen molar-refractivity contribution in [2.75, 3.05) is 33.8 Å².